The second kappa shape index (κ2) is 6.13. The fourth-order valence-electron chi connectivity index (χ4n) is 1.44. The number of hydrogen-bond acceptors (Lipinski definition) is 3. The van der Waals surface area contributed by atoms with E-state index in [4.69, 9.17) is 5.73 Å². The number of benzene rings is 1. The van der Waals surface area contributed by atoms with Gasteiger partial charge in [-0.3, -0.25) is 4.79 Å². The molecule has 94 valence electrons. The maximum absolute atomic E-state index is 11.5. The predicted octanol–water partition coefficient (Wildman–Crippen LogP) is 1.76. The summed E-state index contributed by atoms with van der Waals surface area (Å²) >= 11 is 0. The molecular formula is C13H21N3O. The smallest absolute Gasteiger partial charge is 0.239 e. The summed E-state index contributed by atoms with van der Waals surface area (Å²) in [5.74, 6) is 0.479. The lowest BCUT2D eigenvalue weighted by Crippen LogP contribution is -2.32. The van der Waals surface area contributed by atoms with E-state index in [0.29, 0.717) is 12.5 Å². The number of aryl methyl sites for hydroxylation is 1. The van der Waals surface area contributed by atoms with E-state index in [2.05, 4.69) is 24.5 Å². The van der Waals surface area contributed by atoms with Crippen LogP contribution in [-0.2, 0) is 4.79 Å². The number of anilines is 2. The van der Waals surface area contributed by atoms with Gasteiger partial charge in [0, 0.05) is 17.9 Å². The zero-order valence-corrected chi connectivity index (χ0v) is 10.7. The second-order valence-electron chi connectivity index (χ2n) is 4.63. The van der Waals surface area contributed by atoms with Gasteiger partial charge in [-0.2, -0.15) is 0 Å². The van der Waals surface area contributed by atoms with Crippen LogP contribution in [0.3, 0.4) is 0 Å². The average molecular weight is 235 g/mol. The summed E-state index contributed by atoms with van der Waals surface area (Å²) in [6, 6.07) is 5.59. The van der Waals surface area contributed by atoms with Crippen molar-refractivity contribution in [2.75, 3.05) is 24.1 Å². The maximum Gasteiger partial charge on any atom is 0.239 e. The number of amides is 1. The van der Waals surface area contributed by atoms with E-state index in [1.54, 1.807) is 0 Å². The molecule has 0 heterocycles. The highest BCUT2D eigenvalue weighted by molar-refractivity contribution is 5.81. The Morgan fingerprint density at radius 1 is 1.41 bits per heavy atom. The molecule has 0 aromatic heterocycles. The van der Waals surface area contributed by atoms with Crippen LogP contribution in [0.2, 0.25) is 0 Å². The maximum atomic E-state index is 11.5. The lowest BCUT2D eigenvalue weighted by atomic mass is 10.2. The first-order chi connectivity index (χ1) is 7.99. The van der Waals surface area contributed by atoms with Crippen molar-refractivity contribution in [1.29, 1.82) is 0 Å². The van der Waals surface area contributed by atoms with E-state index in [0.717, 1.165) is 16.9 Å². The van der Waals surface area contributed by atoms with Crippen LogP contribution >= 0.6 is 0 Å². The quantitative estimate of drug-likeness (QED) is 0.681. The normalized spacial score (nSPS) is 10.4. The lowest BCUT2D eigenvalue weighted by molar-refractivity contribution is -0.119. The van der Waals surface area contributed by atoms with Crippen LogP contribution in [-0.4, -0.2) is 19.0 Å². The molecule has 4 heteroatoms. The zero-order valence-electron chi connectivity index (χ0n) is 10.7. The van der Waals surface area contributed by atoms with Crippen LogP contribution in [0.15, 0.2) is 18.2 Å². The Morgan fingerprint density at radius 3 is 2.71 bits per heavy atom. The van der Waals surface area contributed by atoms with E-state index in [9.17, 15) is 4.79 Å². The highest BCUT2D eigenvalue weighted by Gasteiger charge is 2.03. The van der Waals surface area contributed by atoms with E-state index in [1.807, 2.05) is 25.1 Å². The average Bonchev–Trinajstić information content (AvgIpc) is 2.25. The van der Waals surface area contributed by atoms with Crippen molar-refractivity contribution in [3.63, 3.8) is 0 Å². The van der Waals surface area contributed by atoms with Gasteiger partial charge in [-0.15, -0.1) is 0 Å². The van der Waals surface area contributed by atoms with Crippen LogP contribution in [0.1, 0.15) is 19.4 Å². The van der Waals surface area contributed by atoms with Gasteiger partial charge < -0.3 is 16.4 Å². The molecule has 1 aromatic carbocycles. The highest BCUT2D eigenvalue weighted by atomic mass is 16.1. The van der Waals surface area contributed by atoms with Gasteiger partial charge in [0.25, 0.3) is 0 Å². The third-order valence-electron chi connectivity index (χ3n) is 2.40. The lowest BCUT2D eigenvalue weighted by Gasteiger charge is -2.11. The van der Waals surface area contributed by atoms with Crippen LogP contribution in [0.4, 0.5) is 11.4 Å². The summed E-state index contributed by atoms with van der Waals surface area (Å²) < 4.78 is 0. The van der Waals surface area contributed by atoms with Gasteiger partial charge in [-0.25, -0.2) is 0 Å². The molecule has 0 saturated carbocycles. The molecule has 4 N–H and O–H groups in total. The topological polar surface area (TPSA) is 67.1 Å². The molecule has 0 spiro atoms. The van der Waals surface area contributed by atoms with Gasteiger partial charge >= 0.3 is 0 Å². The zero-order chi connectivity index (χ0) is 12.8. The first-order valence-corrected chi connectivity index (χ1v) is 5.85. The molecular weight excluding hydrogens is 214 g/mol. The van der Waals surface area contributed by atoms with Crippen LogP contribution in [0.25, 0.3) is 0 Å². The molecule has 0 radical (unpaired) electrons. The molecule has 4 nitrogen and oxygen atoms in total. The Bertz CT molecular complexity index is 388. The monoisotopic (exact) mass is 235 g/mol. The minimum absolute atomic E-state index is 0.00919. The van der Waals surface area contributed by atoms with Crippen LogP contribution in [0.5, 0.6) is 0 Å². The fourth-order valence-corrected chi connectivity index (χ4v) is 1.44. The van der Waals surface area contributed by atoms with Crippen molar-refractivity contribution in [3.05, 3.63) is 23.8 Å². The minimum atomic E-state index is 0.00919. The van der Waals surface area contributed by atoms with Crippen molar-refractivity contribution >= 4 is 17.3 Å². The van der Waals surface area contributed by atoms with Crippen molar-refractivity contribution < 1.29 is 4.79 Å². The van der Waals surface area contributed by atoms with Gasteiger partial charge in [0.1, 0.15) is 0 Å². The van der Waals surface area contributed by atoms with Gasteiger partial charge in [0.15, 0.2) is 0 Å². The largest absolute Gasteiger partial charge is 0.399 e. The standard InChI is InChI=1S/C13H21N3O/c1-9(2)7-16-13(17)8-15-12-5-4-11(14)6-10(12)3/h4-6,9,15H,7-8,14H2,1-3H3,(H,16,17). The Hall–Kier alpha value is -1.71. The Kier molecular flexibility index (Phi) is 4.82. The molecule has 0 aliphatic heterocycles. The fraction of sp³-hybridized carbons (Fsp3) is 0.462. The molecule has 1 amide bonds. The van der Waals surface area contributed by atoms with Gasteiger partial charge in [-0.1, -0.05) is 13.8 Å². The van der Waals surface area contributed by atoms with Crippen molar-refractivity contribution in [2.45, 2.75) is 20.8 Å². The van der Waals surface area contributed by atoms with E-state index >= 15 is 0 Å². The summed E-state index contributed by atoms with van der Waals surface area (Å²) in [5, 5.41) is 5.95. The first kappa shape index (κ1) is 13.4. The number of nitrogens with one attached hydrogen (secondary N) is 2. The number of carbonyl (C=O) groups is 1. The second-order valence-corrected chi connectivity index (χ2v) is 4.63. The SMILES string of the molecule is Cc1cc(N)ccc1NCC(=O)NCC(C)C. The molecule has 17 heavy (non-hydrogen) atoms. The van der Waals surface area contributed by atoms with Crippen molar-refractivity contribution in [2.24, 2.45) is 5.92 Å². The molecule has 0 bridgehead atoms. The minimum Gasteiger partial charge on any atom is -0.399 e. The van der Waals surface area contributed by atoms with E-state index < -0.39 is 0 Å². The van der Waals surface area contributed by atoms with E-state index in [1.165, 1.54) is 0 Å². The summed E-state index contributed by atoms with van der Waals surface area (Å²) in [6.45, 7) is 7.10. The number of hydrogen-bond donors (Lipinski definition) is 3. The molecule has 0 atom stereocenters. The Labute approximate surface area is 103 Å². The van der Waals surface area contributed by atoms with Gasteiger partial charge in [-0.05, 0) is 36.6 Å². The summed E-state index contributed by atoms with van der Waals surface area (Å²) in [4.78, 5) is 11.5. The third-order valence-corrected chi connectivity index (χ3v) is 2.40. The van der Waals surface area contributed by atoms with Gasteiger partial charge in [0.05, 0.1) is 6.54 Å². The molecule has 0 aliphatic carbocycles. The van der Waals surface area contributed by atoms with Crippen LogP contribution < -0.4 is 16.4 Å². The van der Waals surface area contributed by atoms with Crippen molar-refractivity contribution in [1.82, 2.24) is 5.32 Å². The predicted molar refractivity (Wildman–Crippen MR) is 71.9 cm³/mol. The Morgan fingerprint density at radius 2 is 2.12 bits per heavy atom. The van der Waals surface area contributed by atoms with Gasteiger partial charge in [0.2, 0.25) is 5.91 Å². The van der Waals surface area contributed by atoms with Crippen molar-refractivity contribution in [3.8, 4) is 0 Å². The highest BCUT2D eigenvalue weighted by Crippen LogP contribution is 2.16. The first-order valence-electron chi connectivity index (χ1n) is 5.85. The Balaban J connectivity index is 2.42. The molecule has 1 rings (SSSR count). The van der Waals surface area contributed by atoms with Crippen LogP contribution in [0, 0.1) is 12.8 Å². The molecule has 1 aromatic rings. The summed E-state index contributed by atoms with van der Waals surface area (Å²) in [5.41, 5.74) is 8.38. The molecule has 0 saturated heterocycles. The molecule has 0 aliphatic rings. The molecule has 0 fully saturated rings. The number of carbonyl (C=O) groups excluding carboxylic acids is 1. The number of nitrogen functional groups attached to an aromatic ring is 1. The number of nitrogens with two attached hydrogens (primary N) is 1. The number of rotatable bonds is 5. The summed E-state index contributed by atoms with van der Waals surface area (Å²) in [7, 11) is 0. The molecule has 0 unspecified atom stereocenters. The summed E-state index contributed by atoms with van der Waals surface area (Å²) in [6.07, 6.45) is 0. The third kappa shape index (κ3) is 4.76. The van der Waals surface area contributed by atoms with E-state index in [-0.39, 0.29) is 12.5 Å².